The summed E-state index contributed by atoms with van der Waals surface area (Å²) < 4.78 is 0. The molecule has 2 N–H and O–H groups in total. The number of nitrogens with zero attached hydrogens (tertiary/aromatic N) is 5. The summed E-state index contributed by atoms with van der Waals surface area (Å²) in [6, 6.07) is 19.1. The number of benzene rings is 3. The number of aromatic nitrogens is 2. The third kappa shape index (κ3) is 6.69. The number of non-ortho nitro benzene ring substituents is 3. The fourth-order valence-corrected chi connectivity index (χ4v) is 6.32. The minimum absolute atomic E-state index is 0.135. The number of nitrogens with one attached hydrogen (secondary N) is 2. The van der Waals surface area contributed by atoms with Gasteiger partial charge in [-0.25, -0.2) is 0 Å². The second-order valence-electron chi connectivity index (χ2n) is 9.37. The van der Waals surface area contributed by atoms with Gasteiger partial charge in [-0.2, -0.15) is 0 Å². The molecule has 3 aromatic carbocycles. The molecular formula is C27H17N7O10S2. The fourth-order valence-electron chi connectivity index (χ4n) is 4.49. The maximum Gasteiger partial charge on any atom is 0.290 e. The smallest absolute Gasteiger partial charge is 0.290 e. The van der Waals surface area contributed by atoms with Crippen molar-refractivity contribution in [2.45, 2.75) is 25.8 Å². The predicted octanol–water partition coefficient (Wildman–Crippen LogP) is 7.37. The van der Waals surface area contributed by atoms with Gasteiger partial charge in [-0.05, 0) is 42.0 Å². The maximum atomic E-state index is 11.6. The Balaban J connectivity index is 1.50. The number of hydrogen-bond acceptors (Lipinski definition) is 12. The average molecular weight is 664 g/mol. The van der Waals surface area contributed by atoms with E-state index in [9.17, 15) is 50.6 Å². The van der Waals surface area contributed by atoms with Gasteiger partial charge in [0.15, 0.2) is 0 Å². The Bertz CT molecular complexity index is 1910. The molecule has 0 aliphatic heterocycles. The average Bonchev–Trinajstić information content (AvgIpc) is 3.67. The van der Waals surface area contributed by atoms with Crippen LogP contribution in [0.3, 0.4) is 0 Å². The molecule has 0 amide bonds. The van der Waals surface area contributed by atoms with Crippen LogP contribution in [0, 0.1) is 50.6 Å². The van der Waals surface area contributed by atoms with E-state index < -0.39 is 53.3 Å². The SMILES string of the molecule is O=[N+]([O-])c1ccc(C(c2ccc(Sc3ccc([N+](=O)[O-])cc3[N+](=O)[O-])[nH]2)c2ccc(Sc3ccc([N+](=O)[O-])cc3[N+](=O)[O-])[nH]2)cc1. The summed E-state index contributed by atoms with van der Waals surface area (Å²) in [6.07, 6.45) is 0. The van der Waals surface area contributed by atoms with E-state index in [0.29, 0.717) is 27.0 Å². The largest absolute Gasteiger partial charge is 0.352 e. The highest BCUT2D eigenvalue weighted by molar-refractivity contribution is 7.99. The molecule has 5 rings (SSSR count). The molecule has 0 atom stereocenters. The summed E-state index contributed by atoms with van der Waals surface area (Å²) in [5, 5.41) is 57.7. The van der Waals surface area contributed by atoms with Crippen LogP contribution in [0.2, 0.25) is 0 Å². The second kappa shape index (κ2) is 12.9. The Morgan fingerprint density at radius 2 is 0.870 bits per heavy atom. The van der Waals surface area contributed by atoms with Gasteiger partial charge in [-0.15, -0.1) is 0 Å². The van der Waals surface area contributed by atoms with Gasteiger partial charge in [0.05, 0.1) is 62.5 Å². The first-order chi connectivity index (χ1) is 21.9. The van der Waals surface area contributed by atoms with E-state index in [4.69, 9.17) is 0 Å². The predicted molar refractivity (Wildman–Crippen MR) is 163 cm³/mol. The molecule has 0 saturated heterocycles. The molecule has 0 spiro atoms. The molecule has 0 aliphatic carbocycles. The Morgan fingerprint density at radius 1 is 0.478 bits per heavy atom. The van der Waals surface area contributed by atoms with Crippen molar-refractivity contribution in [1.29, 1.82) is 0 Å². The molecule has 0 radical (unpaired) electrons. The van der Waals surface area contributed by atoms with Crippen molar-refractivity contribution in [3.63, 3.8) is 0 Å². The van der Waals surface area contributed by atoms with Crippen molar-refractivity contribution >= 4 is 52.0 Å². The summed E-state index contributed by atoms with van der Waals surface area (Å²) in [7, 11) is 0. The molecule has 0 unspecified atom stereocenters. The number of H-pyrrole nitrogens is 2. The van der Waals surface area contributed by atoms with E-state index in [-0.39, 0.29) is 15.5 Å². The number of nitro benzene ring substituents is 5. The van der Waals surface area contributed by atoms with Crippen molar-refractivity contribution in [3.8, 4) is 0 Å². The van der Waals surface area contributed by atoms with E-state index in [1.165, 1.54) is 24.3 Å². The van der Waals surface area contributed by atoms with Gasteiger partial charge < -0.3 is 9.97 Å². The van der Waals surface area contributed by atoms with Gasteiger partial charge in [0.2, 0.25) is 0 Å². The quantitative estimate of drug-likeness (QED) is 0.0980. The molecular weight excluding hydrogens is 646 g/mol. The van der Waals surface area contributed by atoms with Gasteiger partial charge in [0.25, 0.3) is 28.4 Å². The molecule has 2 aromatic heterocycles. The first-order valence-corrected chi connectivity index (χ1v) is 14.4. The van der Waals surface area contributed by atoms with Crippen molar-refractivity contribution in [3.05, 3.63) is 152 Å². The summed E-state index contributed by atoms with van der Waals surface area (Å²) in [6.45, 7) is 0. The van der Waals surface area contributed by atoms with Crippen LogP contribution >= 0.6 is 23.5 Å². The zero-order valence-corrected chi connectivity index (χ0v) is 24.4. The van der Waals surface area contributed by atoms with Crippen LogP contribution < -0.4 is 0 Å². The summed E-state index contributed by atoms with van der Waals surface area (Å²) in [4.78, 5) is 60.0. The summed E-state index contributed by atoms with van der Waals surface area (Å²) in [5.41, 5.74) is -0.139. The molecule has 46 heavy (non-hydrogen) atoms. The fraction of sp³-hybridized carbons (Fsp3) is 0.0370. The van der Waals surface area contributed by atoms with Crippen LogP contribution in [0.25, 0.3) is 0 Å². The monoisotopic (exact) mass is 663 g/mol. The topological polar surface area (TPSA) is 247 Å². The molecule has 17 nitrogen and oxygen atoms in total. The highest BCUT2D eigenvalue weighted by Crippen LogP contribution is 2.41. The second-order valence-corrected chi connectivity index (χ2v) is 11.5. The summed E-state index contributed by atoms with van der Waals surface area (Å²) in [5.74, 6) is -0.594. The van der Waals surface area contributed by atoms with Crippen molar-refractivity contribution < 1.29 is 24.6 Å². The van der Waals surface area contributed by atoms with Gasteiger partial charge in [-0.1, -0.05) is 35.7 Å². The number of aromatic amines is 2. The van der Waals surface area contributed by atoms with Crippen molar-refractivity contribution in [1.82, 2.24) is 9.97 Å². The molecule has 0 fully saturated rings. The van der Waals surface area contributed by atoms with Crippen LogP contribution in [-0.4, -0.2) is 34.6 Å². The Kier molecular flexibility index (Phi) is 8.78. The van der Waals surface area contributed by atoms with Crippen molar-refractivity contribution in [2.75, 3.05) is 0 Å². The molecule has 2 heterocycles. The Morgan fingerprint density at radius 3 is 1.24 bits per heavy atom. The minimum Gasteiger partial charge on any atom is -0.352 e. The normalized spacial score (nSPS) is 11.0. The third-order valence-electron chi connectivity index (χ3n) is 6.56. The van der Waals surface area contributed by atoms with Crippen LogP contribution in [0.1, 0.15) is 22.9 Å². The maximum absolute atomic E-state index is 11.6. The molecule has 0 saturated carbocycles. The van der Waals surface area contributed by atoms with Crippen LogP contribution in [0.5, 0.6) is 0 Å². The number of rotatable bonds is 12. The van der Waals surface area contributed by atoms with Crippen molar-refractivity contribution in [2.24, 2.45) is 0 Å². The van der Waals surface area contributed by atoms with Gasteiger partial charge >= 0.3 is 0 Å². The highest BCUT2D eigenvalue weighted by atomic mass is 32.2. The molecule has 5 aromatic rings. The Labute approximate surface area is 264 Å². The van der Waals surface area contributed by atoms with E-state index >= 15 is 0 Å². The van der Waals surface area contributed by atoms with Crippen LogP contribution in [0.15, 0.2) is 105 Å². The first-order valence-electron chi connectivity index (χ1n) is 12.7. The lowest BCUT2D eigenvalue weighted by atomic mass is 9.92. The zero-order chi connectivity index (χ0) is 33.1. The lowest BCUT2D eigenvalue weighted by Gasteiger charge is -2.15. The molecule has 0 aliphatic rings. The first kappa shape index (κ1) is 31.3. The van der Waals surface area contributed by atoms with Gasteiger partial charge in [-0.3, -0.25) is 50.6 Å². The molecule has 0 bridgehead atoms. The van der Waals surface area contributed by atoms with Crippen LogP contribution in [0.4, 0.5) is 28.4 Å². The lowest BCUT2D eigenvalue weighted by molar-refractivity contribution is -0.396. The van der Waals surface area contributed by atoms with Gasteiger partial charge in [0, 0.05) is 35.7 Å². The highest BCUT2D eigenvalue weighted by Gasteiger charge is 2.25. The van der Waals surface area contributed by atoms with E-state index in [0.717, 1.165) is 47.8 Å². The minimum atomic E-state index is -0.730. The third-order valence-corrected chi connectivity index (χ3v) is 8.61. The van der Waals surface area contributed by atoms with Crippen LogP contribution in [-0.2, 0) is 0 Å². The van der Waals surface area contributed by atoms with Gasteiger partial charge in [0.1, 0.15) is 0 Å². The number of hydrogen-bond donors (Lipinski definition) is 2. The summed E-state index contributed by atoms with van der Waals surface area (Å²) >= 11 is 1.95. The van der Waals surface area contributed by atoms with E-state index in [1.807, 2.05) is 0 Å². The molecule has 232 valence electrons. The molecule has 19 heteroatoms. The van der Waals surface area contributed by atoms with E-state index in [2.05, 4.69) is 9.97 Å². The standard InChI is InChI=1S/C27H17N7O10S2/c35-30(36)16-3-1-15(2-4-16)27(19-7-11-25(28-19)45-23-9-5-17(31(37)38)13-21(23)33(41)42)20-8-12-26(29-20)46-24-10-6-18(32(39)40)14-22(24)34(43)44/h1-14,27-29H. The zero-order valence-electron chi connectivity index (χ0n) is 22.8. The lowest BCUT2D eigenvalue weighted by Crippen LogP contribution is -2.05. The van der Waals surface area contributed by atoms with E-state index in [1.54, 1.807) is 36.4 Å². The Hall–Kier alpha value is -6.08. The number of nitro groups is 5.